The lowest BCUT2D eigenvalue weighted by Crippen LogP contribution is -2.10. The highest BCUT2D eigenvalue weighted by molar-refractivity contribution is 6.09. The Morgan fingerprint density at radius 3 is 1.65 bits per heavy atom. The summed E-state index contributed by atoms with van der Waals surface area (Å²) >= 11 is 0. The Bertz CT molecular complexity index is 2860. The van der Waals surface area contributed by atoms with Crippen LogP contribution in [-0.2, 0) is 0 Å². The first kappa shape index (κ1) is 30.0. The van der Waals surface area contributed by atoms with Crippen molar-refractivity contribution in [2.24, 2.45) is 0 Å². The summed E-state index contributed by atoms with van der Waals surface area (Å²) in [6.07, 6.45) is 0. The number of para-hydroxylation sites is 1. The minimum Gasteiger partial charge on any atom is -0.456 e. The van der Waals surface area contributed by atoms with E-state index in [1.807, 2.05) is 18.2 Å². The van der Waals surface area contributed by atoms with Crippen molar-refractivity contribution in [3.8, 4) is 33.6 Å². The Hall–Kier alpha value is -6.90. The third-order valence-corrected chi connectivity index (χ3v) is 10.2. The SMILES string of the molecule is c1cc(-c2ccc(-c3ccc(N(c4ccc5c(ccc6ccccc65)c4)c4cccc5ccccc45)cc3)cc2)cc(-c2cc3ccccc3o2)c1. The predicted molar refractivity (Wildman–Crippen MR) is 220 cm³/mol. The van der Waals surface area contributed by atoms with Gasteiger partial charge in [0, 0.05) is 27.7 Å². The van der Waals surface area contributed by atoms with Gasteiger partial charge in [-0.2, -0.15) is 0 Å². The molecule has 0 saturated heterocycles. The van der Waals surface area contributed by atoms with E-state index in [0.29, 0.717) is 0 Å². The van der Waals surface area contributed by atoms with E-state index in [2.05, 4.69) is 187 Å². The summed E-state index contributed by atoms with van der Waals surface area (Å²) in [5.74, 6) is 0.884. The molecule has 10 rings (SSSR count). The second-order valence-electron chi connectivity index (χ2n) is 13.4. The average molecular weight is 664 g/mol. The van der Waals surface area contributed by atoms with Gasteiger partial charge >= 0.3 is 0 Å². The van der Waals surface area contributed by atoms with Crippen LogP contribution in [0.2, 0.25) is 0 Å². The number of furan rings is 1. The summed E-state index contributed by atoms with van der Waals surface area (Å²) in [5, 5.41) is 8.57. The summed E-state index contributed by atoms with van der Waals surface area (Å²) < 4.78 is 6.16. The van der Waals surface area contributed by atoms with Crippen LogP contribution in [0.5, 0.6) is 0 Å². The van der Waals surface area contributed by atoms with Gasteiger partial charge in [0.25, 0.3) is 0 Å². The van der Waals surface area contributed by atoms with Gasteiger partial charge in [0.1, 0.15) is 11.3 Å². The number of fused-ring (bicyclic) bond motifs is 5. The second kappa shape index (κ2) is 12.5. The number of hydrogen-bond acceptors (Lipinski definition) is 2. The molecule has 244 valence electrons. The van der Waals surface area contributed by atoms with E-state index < -0.39 is 0 Å². The Balaban J connectivity index is 0.997. The lowest BCUT2D eigenvalue weighted by atomic mass is 9.98. The van der Waals surface area contributed by atoms with Crippen LogP contribution in [0.3, 0.4) is 0 Å². The highest BCUT2D eigenvalue weighted by Crippen LogP contribution is 2.41. The molecule has 0 aliphatic heterocycles. The molecule has 9 aromatic carbocycles. The van der Waals surface area contributed by atoms with E-state index in [1.54, 1.807) is 0 Å². The molecule has 1 aromatic heterocycles. The van der Waals surface area contributed by atoms with Crippen LogP contribution in [0.1, 0.15) is 0 Å². The van der Waals surface area contributed by atoms with E-state index in [1.165, 1.54) is 49.0 Å². The maximum Gasteiger partial charge on any atom is 0.135 e. The third-order valence-electron chi connectivity index (χ3n) is 10.2. The zero-order chi connectivity index (χ0) is 34.4. The molecular formula is C50H33NO. The molecule has 0 fully saturated rings. The van der Waals surface area contributed by atoms with E-state index in [0.717, 1.165) is 44.9 Å². The van der Waals surface area contributed by atoms with Crippen molar-refractivity contribution in [1.82, 2.24) is 0 Å². The van der Waals surface area contributed by atoms with Gasteiger partial charge in [-0.25, -0.2) is 0 Å². The highest BCUT2D eigenvalue weighted by atomic mass is 16.3. The first-order chi connectivity index (χ1) is 25.7. The number of anilines is 3. The van der Waals surface area contributed by atoms with Gasteiger partial charge in [-0.1, -0.05) is 152 Å². The fourth-order valence-corrected chi connectivity index (χ4v) is 7.60. The van der Waals surface area contributed by atoms with E-state index in [-0.39, 0.29) is 0 Å². The summed E-state index contributed by atoms with van der Waals surface area (Å²) in [4.78, 5) is 2.39. The minimum atomic E-state index is 0.884. The number of hydrogen-bond donors (Lipinski definition) is 0. The standard InChI is InChI=1S/C50H33NO/c1-4-15-45-38(10-1)23-24-40-32-44(29-30-46(40)45)51(48-17-8-12-37-9-2-5-16-47(37)48)43-27-25-35(26-28-43)34-19-21-36(22-20-34)39-13-7-14-41(31-39)50-33-42-11-3-6-18-49(42)52-50/h1-33H. The van der Waals surface area contributed by atoms with Crippen LogP contribution in [0.15, 0.2) is 205 Å². The van der Waals surface area contributed by atoms with E-state index in [4.69, 9.17) is 4.42 Å². The maximum absolute atomic E-state index is 6.16. The van der Waals surface area contributed by atoms with Crippen LogP contribution in [0.25, 0.3) is 76.9 Å². The van der Waals surface area contributed by atoms with Gasteiger partial charge < -0.3 is 9.32 Å². The van der Waals surface area contributed by atoms with Gasteiger partial charge in [0.15, 0.2) is 0 Å². The molecule has 0 aliphatic rings. The molecule has 0 saturated carbocycles. The molecule has 1 heterocycles. The molecule has 0 atom stereocenters. The molecule has 0 spiro atoms. The first-order valence-corrected chi connectivity index (χ1v) is 17.7. The fourth-order valence-electron chi connectivity index (χ4n) is 7.60. The van der Waals surface area contributed by atoms with Gasteiger partial charge in [-0.3, -0.25) is 0 Å². The smallest absolute Gasteiger partial charge is 0.135 e. The molecule has 2 heteroatoms. The van der Waals surface area contributed by atoms with E-state index >= 15 is 0 Å². The molecule has 0 radical (unpaired) electrons. The van der Waals surface area contributed by atoms with Crippen LogP contribution in [-0.4, -0.2) is 0 Å². The molecular weight excluding hydrogens is 631 g/mol. The summed E-state index contributed by atoms with van der Waals surface area (Å²) in [6, 6.07) is 71.8. The van der Waals surface area contributed by atoms with Crippen molar-refractivity contribution >= 4 is 60.3 Å². The lowest BCUT2D eigenvalue weighted by Gasteiger charge is -2.27. The summed E-state index contributed by atoms with van der Waals surface area (Å²) in [7, 11) is 0. The first-order valence-electron chi connectivity index (χ1n) is 17.7. The van der Waals surface area contributed by atoms with Crippen LogP contribution >= 0.6 is 0 Å². The van der Waals surface area contributed by atoms with Crippen molar-refractivity contribution < 1.29 is 4.42 Å². The minimum absolute atomic E-state index is 0.884. The topological polar surface area (TPSA) is 16.4 Å². The largest absolute Gasteiger partial charge is 0.456 e. The van der Waals surface area contributed by atoms with Gasteiger partial charge in [0.05, 0.1) is 5.69 Å². The van der Waals surface area contributed by atoms with Crippen molar-refractivity contribution in [2.75, 3.05) is 4.90 Å². The number of nitrogens with zero attached hydrogens (tertiary/aromatic N) is 1. The Kier molecular flexibility index (Phi) is 7.18. The second-order valence-corrected chi connectivity index (χ2v) is 13.4. The van der Waals surface area contributed by atoms with Crippen molar-refractivity contribution in [3.63, 3.8) is 0 Å². The van der Waals surface area contributed by atoms with Gasteiger partial charge in [0.2, 0.25) is 0 Å². The van der Waals surface area contributed by atoms with Crippen LogP contribution in [0, 0.1) is 0 Å². The Labute approximate surface area is 302 Å². The summed E-state index contributed by atoms with van der Waals surface area (Å²) in [5.41, 5.74) is 10.1. The molecule has 0 aliphatic carbocycles. The quantitative estimate of drug-likeness (QED) is 0.165. The number of rotatable bonds is 6. The molecule has 0 amide bonds. The lowest BCUT2D eigenvalue weighted by molar-refractivity contribution is 0.631. The Morgan fingerprint density at radius 2 is 0.865 bits per heavy atom. The zero-order valence-corrected chi connectivity index (χ0v) is 28.4. The van der Waals surface area contributed by atoms with Crippen LogP contribution in [0.4, 0.5) is 17.1 Å². The normalized spacial score (nSPS) is 11.5. The highest BCUT2D eigenvalue weighted by Gasteiger charge is 2.17. The third kappa shape index (κ3) is 5.30. The van der Waals surface area contributed by atoms with Gasteiger partial charge in [-0.15, -0.1) is 0 Å². The van der Waals surface area contributed by atoms with Crippen molar-refractivity contribution in [2.45, 2.75) is 0 Å². The molecule has 10 aromatic rings. The average Bonchev–Trinajstić information content (AvgIpc) is 3.66. The Morgan fingerprint density at radius 1 is 0.308 bits per heavy atom. The van der Waals surface area contributed by atoms with Crippen molar-refractivity contribution in [1.29, 1.82) is 0 Å². The predicted octanol–water partition coefficient (Wildman–Crippen LogP) is 14.4. The molecule has 0 unspecified atom stereocenters. The van der Waals surface area contributed by atoms with Crippen molar-refractivity contribution in [3.05, 3.63) is 200 Å². The molecule has 52 heavy (non-hydrogen) atoms. The molecule has 0 N–H and O–H groups in total. The van der Waals surface area contributed by atoms with E-state index in [9.17, 15) is 0 Å². The number of benzene rings is 9. The molecule has 0 bridgehead atoms. The molecule has 2 nitrogen and oxygen atoms in total. The zero-order valence-electron chi connectivity index (χ0n) is 28.4. The monoisotopic (exact) mass is 663 g/mol. The summed E-state index contributed by atoms with van der Waals surface area (Å²) in [6.45, 7) is 0. The van der Waals surface area contributed by atoms with Crippen LogP contribution < -0.4 is 4.90 Å². The fraction of sp³-hybridized carbons (Fsp3) is 0. The van der Waals surface area contributed by atoms with Gasteiger partial charge in [-0.05, 0) is 97.7 Å². The maximum atomic E-state index is 6.16.